The van der Waals surface area contributed by atoms with Crippen molar-refractivity contribution in [2.45, 2.75) is 19.4 Å². The highest BCUT2D eigenvalue weighted by atomic mass is 16.5. The number of nitrogens with one attached hydrogen (secondary N) is 1. The minimum atomic E-state index is -1.02. The van der Waals surface area contributed by atoms with E-state index < -0.39 is 5.97 Å². The Balaban J connectivity index is 2.00. The van der Waals surface area contributed by atoms with Gasteiger partial charge in [-0.15, -0.1) is 0 Å². The van der Waals surface area contributed by atoms with Gasteiger partial charge in [-0.05, 0) is 55.3 Å². The summed E-state index contributed by atoms with van der Waals surface area (Å²) in [5, 5.41) is 11.8. The molecular formula is C19H21NO5. The summed E-state index contributed by atoms with van der Waals surface area (Å²) in [4.78, 5) is 23.1. The number of carboxylic acids is 1. The molecule has 2 aromatic carbocycles. The third-order valence-corrected chi connectivity index (χ3v) is 3.76. The number of carboxylic acid groups (broad SMARTS) is 1. The van der Waals surface area contributed by atoms with Crippen molar-refractivity contribution in [3.05, 3.63) is 59.2 Å². The molecule has 2 rings (SSSR count). The molecule has 0 aliphatic heterocycles. The van der Waals surface area contributed by atoms with Gasteiger partial charge in [0.05, 0.1) is 19.8 Å². The van der Waals surface area contributed by atoms with Crippen LogP contribution in [0.15, 0.2) is 42.5 Å². The highest BCUT2D eigenvalue weighted by Crippen LogP contribution is 2.27. The Hall–Kier alpha value is -3.02. The molecule has 1 amide bonds. The van der Waals surface area contributed by atoms with E-state index in [1.165, 1.54) is 24.3 Å². The van der Waals surface area contributed by atoms with E-state index in [1.807, 2.05) is 25.1 Å². The van der Waals surface area contributed by atoms with E-state index in [0.29, 0.717) is 23.5 Å². The lowest BCUT2D eigenvalue weighted by Crippen LogP contribution is -2.34. The molecule has 6 nitrogen and oxygen atoms in total. The lowest BCUT2D eigenvalue weighted by Gasteiger charge is -2.15. The molecule has 0 fully saturated rings. The number of hydrogen-bond acceptors (Lipinski definition) is 4. The molecule has 2 N–H and O–H groups in total. The minimum Gasteiger partial charge on any atom is -0.493 e. The van der Waals surface area contributed by atoms with Gasteiger partial charge < -0.3 is 19.9 Å². The molecule has 0 bridgehead atoms. The number of benzene rings is 2. The molecule has 6 heteroatoms. The van der Waals surface area contributed by atoms with Gasteiger partial charge in [0.2, 0.25) is 0 Å². The van der Waals surface area contributed by atoms with Crippen molar-refractivity contribution in [1.82, 2.24) is 5.32 Å². The molecule has 0 aliphatic carbocycles. The number of rotatable bonds is 7. The van der Waals surface area contributed by atoms with Crippen LogP contribution in [0, 0.1) is 0 Å². The molecule has 2 aromatic rings. The predicted molar refractivity (Wildman–Crippen MR) is 93.6 cm³/mol. The Morgan fingerprint density at radius 3 is 2.16 bits per heavy atom. The third-order valence-electron chi connectivity index (χ3n) is 3.76. The van der Waals surface area contributed by atoms with Gasteiger partial charge in [0.25, 0.3) is 5.91 Å². The van der Waals surface area contributed by atoms with Crippen LogP contribution in [0.25, 0.3) is 0 Å². The van der Waals surface area contributed by atoms with Crippen LogP contribution in [0.2, 0.25) is 0 Å². The Bertz CT molecular complexity index is 755. The van der Waals surface area contributed by atoms with Gasteiger partial charge in [-0.3, -0.25) is 4.79 Å². The first-order chi connectivity index (χ1) is 11.9. The molecule has 0 aliphatic rings. The van der Waals surface area contributed by atoms with Gasteiger partial charge in [-0.2, -0.15) is 0 Å². The van der Waals surface area contributed by atoms with Crippen LogP contribution in [-0.4, -0.2) is 37.2 Å². The summed E-state index contributed by atoms with van der Waals surface area (Å²) in [6.45, 7) is 1.90. The largest absolute Gasteiger partial charge is 0.493 e. The first kappa shape index (κ1) is 18.3. The molecular weight excluding hydrogens is 322 g/mol. The fourth-order valence-corrected chi connectivity index (χ4v) is 2.48. The summed E-state index contributed by atoms with van der Waals surface area (Å²) >= 11 is 0. The summed E-state index contributed by atoms with van der Waals surface area (Å²) in [7, 11) is 3.16. The van der Waals surface area contributed by atoms with E-state index in [4.69, 9.17) is 14.6 Å². The monoisotopic (exact) mass is 343 g/mol. The number of carbonyl (C=O) groups excluding carboxylic acids is 1. The molecule has 0 saturated heterocycles. The van der Waals surface area contributed by atoms with Crippen LogP contribution >= 0.6 is 0 Å². The number of hydrogen-bond donors (Lipinski definition) is 2. The molecule has 0 heterocycles. The predicted octanol–water partition coefficient (Wildman–Crippen LogP) is 2.76. The highest BCUT2D eigenvalue weighted by molar-refractivity contribution is 5.96. The van der Waals surface area contributed by atoms with Crippen molar-refractivity contribution in [1.29, 1.82) is 0 Å². The topological polar surface area (TPSA) is 84.9 Å². The Morgan fingerprint density at radius 1 is 1.00 bits per heavy atom. The van der Waals surface area contributed by atoms with Crippen molar-refractivity contribution in [3.8, 4) is 11.5 Å². The van der Waals surface area contributed by atoms with Crippen LogP contribution < -0.4 is 14.8 Å². The Labute approximate surface area is 146 Å². The van der Waals surface area contributed by atoms with Crippen molar-refractivity contribution >= 4 is 11.9 Å². The quantitative estimate of drug-likeness (QED) is 0.807. The summed E-state index contributed by atoms with van der Waals surface area (Å²) in [5.74, 6) is 0.0305. The average Bonchev–Trinajstić information content (AvgIpc) is 2.61. The zero-order valence-corrected chi connectivity index (χ0v) is 14.4. The third kappa shape index (κ3) is 4.73. The second-order valence-electron chi connectivity index (χ2n) is 5.65. The number of carbonyl (C=O) groups is 2. The van der Waals surface area contributed by atoms with Crippen LogP contribution in [-0.2, 0) is 6.42 Å². The molecule has 0 saturated carbocycles. The van der Waals surface area contributed by atoms with E-state index in [2.05, 4.69) is 5.32 Å². The van der Waals surface area contributed by atoms with Crippen molar-refractivity contribution in [2.24, 2.45) is 0 Å². The second kappa shape index (κ2) is 8.19. The maximum Gasteiger partial charge on any atom is 0.335 e. The van der Waals surface area contributed by atoms with Crippen molar-refractivity contribution in [3.63, 3.8) is 0 Å². The highest BCUT2D eigenvalue weighted by Gasteiger charge is 2.13. The van der Waals surface area contributed by atoms with Gasteiger partial charge in [0, 0.05) is 11.6 Å². The first-order valence-corrected chi connectivity index (χ1v) is 7.79. The summed E-state index contributed by atoms with van der Waals surface area (Å²) in [5.41, 5.74) is 1.57. The van der Waals surface area contributed by atoms with Crippen LogP contribution in [0.3, 0.4) is 0 Å². The van der Waals surface area contributed by atoms with Crippen molar-refractivity contribution in [2.75, 3.05) is 14.2 Å². The fourth-order valence-electron chi connectivity index (χ4n) is 2.48. The van der Waals surface area contributed by atoms with Gasteiger partial charge in [-0.25, -0.2) is 4.79 Å². The standard InChI is InChI=1S/C19H21NO5/c1-12(10-13-4-9-16(24-2)17(11-13)25-3)20-18(21)14-5-7-15(8-6-14)19(22)23/h4-9,11-12H,10H2,1-3H3,(H,20,21)(H,22,23). The molecule has 1 atom stereocenters. The zero-order chi connectivity index (χ0) is 18.4. The second-order valence-corrected chi connectivity index (χ2v) is 5.65. The van der Waals surface area contributed by atoms with E-state index in [-0.39, 0.29) is 17.5 Å². The molecule has 1 unspecified atom stereocenters. The first-order valence-electron chi connectivity index (χ1n) is 7.79. The minimum absolute atomic E-state index is 0.107. The van der Waals surface area contributed by atoms with Crippen LogP contribution in [0.4, 0.5) is 0 Å². The van der Waals surface area contributed by atoms with Gasteiger partial charge >= 0.3 is 5.97 Å². The molecule has 0 radical (unpaired) electrons. The SMILES string of the molecule is COc1ccc(CC(C)NC(=O)c2ccc(C(=O)O)cc2)cc1OC. The van der Waals surface area contributed by atoms with E-state index in [0.717, 1.165) is 5.56 Å². The average molecular weight is 343 g/mol. The number of methoxy groups -OCH3 is 2. The number of amides is 1. The van der Waals surface area contributed by atoms with Gasteiger partial charge in [0.15, 0.2) is 11.5 Å². The van der Waals surface area contributed by atoms with Gasteiger partial charge in [0.1, 0.15) is 0 Å². The summed E-state index contributed by atoms with van der Waals surface area (Å²) in [6.07, 6.45) is 0.624. The van der Waals surface area contributed by atoms with Crippen molar-refractivity contribution < 1.29 is 24.2 Å². The van der Waals surface area contributed by atoms with Crippen LogP contribution in [0.1, 0.15) is 33.2 Å². The Kier molecular flexibility index (Phi) is 6.00. The fraction of sp³-hybridized carbons (Fsp3) is 0.263. The lowest BCUT2D eigenvalue weighted by molar-refractivity contribution is 0.0696. The zero-order valence-electron chi connectivity index (χ0n) is 14.4. The summed E-state index contributed by atoms with van der Waals surface area (Å²) < 4.78 is 10.5. The van der Waals surface area contributed by atoms with Gasteiger partial charge in [-0.1, -0.05) is 6.07 Å². The molecule has 0 spiro atoms. The molecule has 132 valence electrons. The van der Waals surface area contributed by atoms with E-state index in [1.54, 1.807) is 14.2 Å². The smallest absolute Gasteiger partial charge is 0.335 e. The summed E-state index contributed by atoms with van der Waals surface area (Å²) in [6, 6.07) is 11.4. The normalized spacial score (nSPS) is 11.5. The van der Waals surface area contributed by atoms with E-state index >= 15 is 0 Å². The maximum absolute atomic E-state index is 12.2. The number of ether oxygens (including phenoxy) is 2. The Morgan fingerprint density at radius 2 is 1.60 bits per heavy atom. The van der Waals surface area contributed by atoms with Crippen LogP contribution in [0.5, 0.6) is 11.5 Å². The molecule has 25 heavy (non-hydrogen) atoms. The number of aromatic carboxylic acids is 1. The molecule has 0 aromatic heterocycles. The lowest BCUT2D eigenvalue weighted by atomic mass is 10.1. The maximum atomic E-state index is 12.2. The van der Waals surface area contributed by atoms with E-state index in [9.17, 15) is 9.59 Å².